The van der Waals surface area contributed by atoms with E-state index < -0.39 is 4.92 Å². The van der Waals surface area contributed by atoms with Crippen LogP contribution >= 0.6 is 34.4 Å². The highest BCUT2D eigenvalue weighted by Crippen LogP contribution is 2.29. The Bertz CT molecular complexity index is 886. The molecule has 0 aliphatic carbocycles. The molecule has 1 amide bonds. The van der Waals surface area contributed by atoms with Crippen molar-refractivity contribution in [3.63, 3.8) is 0 Å². The molecular formula is C14H10N4O3S3. The minimum Gasteiger partial charge on any atom is -0.272 e. The summed E-state index contributed by atoms with van der Waals surface area (Å²) < 4.78 is 1.90. The molecule has 3 aromatic rings. The zero-order valence-corrected chi connectivity index (χ0v) is 14.5. The molecular weight excluding hydrogens is 368 g/mol. The molecule has 10 heteroatoms. The molecule has 122 valence electrons. The molecule has 0 radical (unpaired) electrons. The molecule has 1 N–H and O–H groups in total. The van der Waals surface area contributed by atoms with Crippen LogP contribution in [-0.4, -0.2) is 27.8 Å². The average molecular weight is 378 g/mol. The summed E-state index contributed by atoms with van der Waals surface area (Å²) >= 11 is 3.87. The summed E-state index contributed by atoms with van der Waals surface area (Å²) in [4.78, 5) is 26.9. The summed E-state index contributed by atoms with van der Waals surface area (Å²) in [5.41, 5.74) is 3.32. The van der Waals surface area contributed by atoms with E-state index in [9.17, 15) is 14.9 Å². The number of carbonyl (C=O) groups excluding carboxylic acids is 1. The van der Waals surface area contributed by atoms with Crippen LogP contribution in [0, 0.1) is 10.1 Å². The number of para-hydroxylation sites is 1. The molecule has 0 saturated carbocycles. The lowest BCUT2D eigenvalue weighted by atomic mass is 10.3. The van der Waals surface area contributed by atoms with Crippen molar-refractivity contribution in [1.82, 2.24) is 10.4 Å². The molecule has 0 saturated heterocycles. The van der Waals surface area contributed by atoms with Gasteiger partial charge < -0.3 is 0 Å². The van der Waals surface area contributed by atoms with Crippen molar-refractivity contribution in [2.45, 2.75) is 4.34 Å². The summed E-state index contributed by atoms with van der Waals surface area (Å²) in [6.07, 6.45) is 1.39. The van der Waals surface area contributed by atoms with Crippen LogP contribution in [0.3, 0.4) is 0 Å². The lowest BCUT2D eigenvalue weighted by molar-refractivity contribution is -0.380. The minimum absolute atomic E-state index is 0.0363. The number of nitrogens with one attached hydrogen (secondary N) is 1. The van der Waals surface area contributed by atoms with Gasteiger partial charge in [0.2, 0.25) is 0 Å². The Hall–Kier alpha value is -2.30. The monoisotopic (exact) mass is 378 g/mol. The molecule has 2 aromatic heterocycles. The molecule has 0 spiro atoms. The van der Waals surface area contributed by atoms with Gasteiger partial charge in [-0.3, -0.25) is 14.9 Å². The number of carbonyl (C=O) groups is 1. The van der Waals surface area contributed by atoms with E-state index in [-0.39, 0.29) is 16.7 Å². The molecule has 7 nitrogen and oxygen atoms in total. The fourth-order valence-electron chi connectivity index (χ4n) is 1.75. The van der Waals surface area contributed by atoms with E-state index in [1.54, 1.807) is 6.07 Å². The predicted octanol–water partition coefficient (Wildman–Crippen LogP) is 3.51. The number of aromatic nitrogens is 1. The van der Waals surface area contributed by atoms with Crippen molar-refractivity contribution < 1.29 is 9.72 Å². The van der Waals surface area contributed by atoms with Crippen molar-refractivity contribution in [1.29, 1.82) is 0 Å². The van der Waals surface area contributed by atoms with Crippen molar-refractivity contribution >= 4 is 61.8 Å². The van der Waals surface area contributed by atoms with Gasteiger partial charge in [0.25, 0.3) is 5.91 Å². The van der Waals surface area contributed by atoms with Crippen LogP contribution in [0.15, 0.2) is 45.8 Å². The second-order valence-electron chi connectivity index (χ2n) is 4.46. The molecule has 1 aromatic carbocycles. The van der Waals surface area contributed by atoms with Gasteiger partial charge in [-0.05, 0) is 18.2 Å². The molecule has 0 fully saturated rings. The van der Waals surface area contributed by atoms with Gasteiger partial charge in [0.05, 0.1) is 32.0 Å². The third kappa shape index (κ3) is 4.16. The third-order valence-electron chi connectivity index (χ3n) is 2.77. The standard InChI is InChI=1S/C14H10N4O3S3/c19-12(17-15-7-9-5-6-13(23-9)18(20)21)8-22-14-16-10-3-1-2-4-11(10)24-14/h1-7H,8H2,(H,17,19)/b15-7-. The number of hydrogen-bond acceptors (Lipinski definition) is 8. The number of hydrazone groups is 1. The number of benzene rings is 1. The molecule has 0 aliphatic rings. The summed E-state index contributed by atoms with van der Waals surface area (Å²) in [7, 11) is 0. The van der Waals surface area contributed by atoms with E-state index in [4.69, 9.17) is 0 Å². The average Bonchev–Trinajstić information content (AvgIpc) is 3.19. The second-order valence-corrected chi connectivity index (χ2v) is 7.81. The highest BCUT2D eigenvalue weighted by molar-refractivity contribution is 8.01. The summed E-state index contributed by atoms with van der Waals surface area (Å²) in [5, 5.41) is 14.4. The van der Waals surface area contributed by atoms with Crippen LogP contribution in [0.2, 0.25) is 0 Å². The normalized spacial score (nSPS) is 11.2. The lowest BCUT2D eigenvalue weighted by Gasteiger charge is -1.96. The second kappa shape index (κ2) is 7.51. The summed E-state index contributed by atoms with van der Waals surface area (Å²) in [6.45, 7) is 0. The van der Waals surface area contributed by atoms with Gasteiger partial charge >= 0.3 is 5.00 Å². The number of hydrogen-bond donors (Lipinski definition) is 1. The molecule has 0 atom stereocenters. The summed E-state index contributed by atoms with van der Waals surface area (Å²) in [5.74, 6) is -0.0663. The maximum absolute atomic E-state index is 11.8. The van der Waals surface area contributed by atoms with Crippen molar-refractivity contribution in [3.8, 4) is 0 Å². The maximum atomic E-state index is 11.8. The van der Waals surface area contributed by atoms with Crippen LogP contribution < -0.4 is 5.43 Å². The molecule has 3 rings (SSSR count). The van der Waals surface area contributed by atoms with Crippen LogP contribution in [0.5, 0.6) is 0 Å². The first kappa shape index (κ1) is 16.6. The molecule has 0 bridgehead atoms. The number of nitrogens with zero attached hydrogens (tertiary/aromatic N) is 3. The minimum atomic E-state index is -0.463. The van der Waals surface area contributed by atoms with Gasteiger partial charge in [0.15, 0.2) is 4.34 Å². The Morgan fingerprint density at radius 3 is 2.92 bits per heavy atom. The van der Waals surface area contributed by atoms with Gasteiger partial charge in [0, 0.05) is 6.07 Å². The number of fused-ring (bicyclic) bond motifs is 1. The third-order valence-corrected chi connectivity index (χ3v) is 5.93. The topological polar surface area (TPSA) is 97.5 Å². The molecule has 2 heterocycles. The number of thioether (sulfide) groups is 1. The Kier molecular flexibility index (Phi) is 5.18. The van der Waals surface area contributed by atoms with Gasteiger partial charge in [-0.15, -0.1) is 11.3 Å². The van der Waals surface area contributed by atoms with Gasteiger partial charge in [-0.2, -0.15) is 5.10 Å². The number of amides is 1. The van der Waals surface area contributed by atoms with Crippen LogP contribution in [0.4, 0.5) is 5.00 Å². The van der Waals surface area contributed by atoms with Gasteiger partial charge in [-0.25, -0.2) is 10.4 Å². The smallest absolute Gasteiger partial charge is 0.272 e. The summed E-state index contributed by atoms with van der Waals surface area (Å²) in [6, 6.07) is 10.8. The zero-order chi connectivity index (χ0) is 16.9. The van der Waals surface area contributed by atoms with Gasteiger partial charge in [0.1, 0.15) is 0 Å². The number of rotatable bonds is 6. The van der Waals surface area contributed by atoms with Gasteiger partial charge in [-0.1, -0.05) is 35.2 Å². The van der Waals surface area contributed by atoms with E-state index in [0.29, 0.717) is 4.88 Å². The Morgan fingerprint density at radius 2 is 2.17 bits per heavy atom. The molecule has 0 aliphatic heterocycles. The van der Waals surface area contributed by atoms with E-state index in [0.717, 1.165) is 25.9 Å². The number of nitro groups is 1. The zero-order valence-electron chi connectivity index (χ0n) is 12.0. The number of thiophene rings is 1. The van der Waals surface area contributed by atoms with E-state index >= 15 is 0 Å². The predicted molar refractivity (Wildman–Crippen MR) is 97.1 cm³/mol. The van der Waals surface area contributed by atoms with Crippen LogP contribution in [0.25, 0.3) is 10.2 Å². The first-order valence-corrected chi connectivity index (χ1v) is 9.28. The van der Waals surface area contributed by atoms with Crippen molar-refractivity contribution in [2.75, 3.05) is 5.75 Å². The SMILES string of the molecule is O=C(CSc1nc2ccccc2s1)N/N=C\c1ccc([N+](=O)[O-])s1. The fraction of sp³-hybridized carbons (Fsp3) is 0.0714. The molecule has 24 heavy (non-hydrogen) atoms. The lowest BCUT2D eigenvalue weighted by Crippen LogP contribution is -2.19. The number of thiazole rings is 1. The first-order valence-electron chi connectivity index (χ1n) is 6.66. The van der Waals surface area contributed by atoms with E-state index in [2.05, 4.69) is 15.5 Å². The highest BCUT2D eigenvalue weighted by Gasteiger charge is 2.09. The Morgan fingerprint density at radius 1 is 1.33 bits per heavy atom. The maximum Gasteiger partial charge on any atom is 0.324 e. The van der Waals surface area contributed by atoms with Crippen LogP contribution in [-0.2, 0) is 4.79 Å². The Labute approximate surface area is 148 Å². The van der Waals surface area contributed by atoms with Crippen molar-refractivity contribution in [3.05, 3.63) is 51.4 Å². The Balaban J connectivity index is 1.50. The largest absolute Gasteiger partial charge is 0.324 e. The van der Waals surface area contributed by atoms with Crippen molar-refractivity contribution in [2.24, 2.45) is 5.10 Å². The quantitative estimate of drug-likeness (QED) is 0.306. The van der Waals surface area contributed by atoms with E-state index in [1.165, 1.54) is 35.4 Å². The fourth-order valence-corrected chi connectivity index (χ4v) is 4.30. The highest BCUT2D eigenvalue weighted by atomic mass is 32.2. The van der Waals surface area contributed by atoms with E-state index in [1.807, 2.05) is 24.3 Å². The molecule has 0 unspecified atom stereocenters. The first-order chi connectivity index (χ1) is 11.6. The van der Waals surface area contributed by atoms with Crippen LogP contribution in [0.1, 0.15) is 4.88 Å².